The van der Waals surface area contributed by atoms with Gasteiger partial charge in [0.1, 0.15) is 29.0 Å². The summed E-state index contributed by atoms with van der Waals surface area (Å²) in [6.07, 6.45) is 1.93. The van der Waals surface area contributed by atoms with Crippen LogP contribution in [-0.4, -0.2) is 9.97 Å². The van der Waals surface area contributed by atoms with Crippen LogP contribution >= 0.6 is 0 Å². The molecule has 4 aromatic rings. The number of fused-ring (bicyclic) bond motifs is 2. The largest absolute Gasteiger partial charge is 0.456 e. The minimum Gasteiger partial charge on any atom is -0.456 e. The number of H-pyrrole nitrogens is 1. The van der Waals surface area contributed by atoms with Gasteiger partial charge in [0.25, 0.3) is 0 Å². The number of aromatic nitrogens is 2. The van der Waals surface area contributed by atoms with Crippen LogP contribution in [0.4, 0.5) is 0 Å². The topological polar surface area (TPSA) is 61.7 Å². The number of hydrogen-bond donors (Lipinski definition) is 1. The molecule has 1 aliphatic heterocycles. The highest BCUT2D eigenvalue weighted by atomic mass is 16.5. The van der Waals surface area contributed by atoms with Crippen molar-refractivity contribution in [1.82, 2.24) is 9.97 Å². The summed E-state index contributed by atoms with van der Waals surface area (Å²) < 4.78 is 6.18. The molecule has 4 heteroatoms. The quantitative estimate of drug-likeness (QED) is 0.455. The third-order valence-corrected chi connectivity index (χ3v) is 4.99. The minimum absolute atomic E-state index is 0.491. The Balaban J connectivity index is 1.78. The number of ether oxygens (including phenoxy) is 1. The van der Waals surface area contributed by atoms with Gasteiger partial charge in [0, 0.05) is 16.7 Å². The maximum Gasteiger partial charge on any atom is 0.149 e. The van der Waals surface area contributed by atoms with Crippen molar-refractivity contribution < 1.29 is 4.74 Å². The predicted molar refractivity (Wildman–Crippen MR) is 115 cm³/mol. The van der Waals surface area contributed by atoms with E-state index >= 15 is 0 Å². The Kier molecular flexibility index (Phi) is 4.00. The number of imidazole rings is 1. The van der Waals surface area contributed by atoms with E-state index in [2.05, 4.69) is 16.0 Å². The van der Waals surface area contributed by atoms with Crippen LogP contribution in [0.15, 0.2) is 78.9 Å². The van der Waals surface area contributed by atoms with E-state index in [1.54, 1.807) is 0 Å². The highest BCUT2D eigenvalue weighted by Crippen LogP contribution is 2.40. The molecule has 0 radical (unpaired) electrons. The lowest BCUT2D eigenvalue weighted by Gasteiger charge is -2.21. The van der Waals surface area contributed by atoms with Crippen molar-refractivity contribution in [2.75, 3.05) is 0 Å². The second kappa shape index (κ2) is 6.81. The molecule has 0 atom stereocenters. The van der Waals surface area contributed by atoms with Crippen molar-refractivity contribution in [1.29, 1.82) is 5.26 Å². The van der Waals surface area contributed by atoms with Crippen LogP contribution in [0.3, 0.4) is 0 Å². The highest BCUT2D eigenvalue weighted by Gasteiger charge is 2.23. The average Bonchev–Trinajstić information content (AvgIpc) is 3.18. The number of para-hydroxylation sites is 2. The van der Waals surface area contributed by atoms with Gasteiger partial charge in [0.05, 0.1) is 11.0 Å². The van der Waals surface area contributed by atoms with Crippen molar-refractivity contribution in [3.05, 3.63) is 101 Å². The number of nitrogens with zero attached hydrogens (tertiary/aromatic N) is 2. The molecule has 0 fully saturated rings. The van der Waals surface area contributed by atoms with E-state index in [0.717, 1.165) is 39.0 Å². The van der Waals surface area contributed by atoms with Crippen molar-refractivity contribution >= 4 is 27.9 Å². The molecule has 3 aromatic carbocycles. The molecule has 29 heavy (non-hydrogen) atoms. The summed E-state index contributed by atoms with van der Waals surface area (Å²) in [6, 6.07) is 26.1. The molecule has 0 bridgehead atoms. The Labute approximate surface area is 168 Å². The number of nitrogens with one attached hydrogen (secondary N) is 1. The summed E-state index contributed by atoms with van der Waals surface area (Å²) in [4.78, 5) is 7.93. The zero-order chi connectivity index (χ0) is 19.8. The Morgan fingerprint density at radius 1 is 1.00 bits per heavy atom. The molecular weight excluding hydrogens is 358 g/mol. The maximum absolute atomic E-state index is 10.1. The number of nitriles is 1. The Bertz CT molecular complexity index is 1300. The Morgan fingerprint density at radius 2 is 1.79 bits per heavy atom. The molecule has 1 N–H and O–H groups in total. The average molecular weight is 375 g/mol. The molecule has 0 aliphatic carbocycles. The van der Waals surface area contributed by atoms with Crippen LogP contribution in [0.5, 0.6) is 5.75 Å². The van der Waals surface area contributed by atoms with Crippen LogP contribution in [0, 0.1) is 18.3 Å². The molecule has 0 spiro atoms. The van der Waals surface area contributed by atoms with Gasteiger partial charge in [-0.2, -0.15) is 5.26 Å². The van der Waals surface area contributed by atoms with E-state index in [1.165, 1.54) is 0 Å². The number of allylic oxidation sites excluding steroid dienone is 3. The fourth-order valence-corrected chi connectivity index (χ4v) is 3.56. The smallest absolute Gasteiger partial charge is 0.149 e. The first kappa shape index (κ1) is 17.0. The lowest BCUT2D eigenvalue weighted by Crippen LogP contribution is -2.05. The third kappa shape index (κ3) is 2.99. The standard InChI is InChI=1S/C25H17N3O/c1-16-11-12-23-19(13-16)18(14-24(29-23)17-7-3-2-4-8-17)20(15-26)25-27-21-9-5-6-10-22(21)28-25/h2-14H,1H3,(H,27,28). The van der Waals surface area contributed by atoms with E-state index in [0.29, 0.717) is 17.2 Å². The fraction of sp³-hybridized carbons (Fsp3) is 0.0400. The van der Waals surface area contributed by atoms with Crippen LogP contribution in [-0.2, 0) is 0 Å². The van der Waals surface area contributed by atoms with E-state index in [-0.39, 0.29) is 0 Å². The van der Waals surface area contributed by atoms with E-state index in [1.807, 2.05) is 85.8 Å². The first-order valence-corrected chi connectivity index (χ1v) is 9.38. The molecule has 5 rings (SSSR count). The molecule has 1 aromatic heterocycles. The predicted octanol–water partition coefficient (Wildman–Crippen LogP) is 5.74. The number of benzene rings is 3. The Hall–Kier alpha value is -4.10. The zero-order valence-electron chi connectivity index (χ0n) is 15.8. The third-order valence-electron chi connectivity index (χ3n) is 4.99. The molecule has 0 amide bonds. The SMILES string of the molecule is Cc1ccc2c(c1)C(=C(C#N)c1nc3ccccc3[nH]1)C=C(c1ccccc1)O2. The van der Waals surface area contributed by atoms with Crippen molar-refractivity contribution in [3.63, 3.8) is 0 Å². The van der Waals surface area contributed by atoms with Gasteiger partial charge in [-0.15, -0.1) is 0 Å². The van der Waals surface area contributed by atoms with Gasteiger partial charge in [-0.1, -0.05) is 54.1 Å². The maximum atomic E-state index is 10.1. The minimum atomic E-state index is 0.491. The van der Waals surface area contributed by atoms with Gasteiger partial charge in [-0.25, -0.2) is 4.98 Å². The second-order valence-corrected chi connectivity index (χ2v) is 6.98. The summed E-state index contributed by atoms with van der Waals surface area (Å²) >= 11 is 0. The first-order chi connectivity index (χ1) is 14.2. The van der Waals surface area contributed by atoms with Crippen molar-refractivity contribution in [3.8, 4) is 11.8 Å². The van der Waals surface area contributed by atoms with E-state index in [4.69, 9.17) is 4.74 Å². The summed E-state index contributed by atoms with van der Waals surface area (Å²) in [7, 11) is 0. The number of hydrogen-bond acceptors (Lipinski definition) is 3. The zero-order valence-corrected chi connectivity index (χ0v) is 15.8. The van der Waals surface area contributed by atoms with E-state index < -0.39 is 0 Å². The molecule has 0 saturated heterocycles. The summed E-state index contributed by atoms with van der Waals surface area (Å²) in [5.41, 5.74) is 5.97. The van der Waals surface area contributed by atoms with Gasteiger partial charge < -0.3 is 9.72 Å². The molecule has 2 heterocycles. The van der Waals surface area contributed by atoms with Crippen LogP contribution in [0.1, 0.15) is 22.5 Å². The Morgan fingerprint density at radius 3 is 2.59 bits per heavy atom. The van der Waals surface area contributed by atoms with Gasteiger partial charge in [-0.05, 0) is 37.3 Å². The van der Waals surface area contributed by atoms with Gasteiger partial charge in [0.15, 0.2) is 0 Å². The van der Waals surface area contributed by atoms with Gasteiger partial charge >= 0.3 is 0 Å². The monoisotopic (exact) mass is 375 g/mol. The molecular formula is C25H17N3O. The normalized spacial score (nSPS) is 14.6. The lowest BCUT2D eigenvalue weighted by atomic mass is 9.94. The molecule has 1 aliphatic rings. The number of rotatable bonds is 2. The van der Waals surface area contributed by atoms with Crippen molar-refractivity contribution in [2.24, 2.45) is 0 Å². The summed E-state index contributed by atoms with van der Waals surface area (Å²) in [6.45, 7) is 2.03. The number of aryl methyl sites for hydroxylation is 1. The van der Waals surface area contributed by atoms with Gasteiger partial charge in [-0.3, -0.25) is 0 Å². The van der Waals surface area contributed by atoms with Gasteiger partial charge in [0.2, 0.25) is 0 Å². The molecule has 4 nitrogen and oxygen atoms in total. The molecule has 0 unspecified atom stereocenters. The summed E-state index contributed by atoms with van der Waals surface area (Å²) in [5, 5.41) is 10.1. The van der Waals surface area contributed by atoms with E-state index in [9.17, 15) is 5.26 Å². The first-order valence-electron chi connectivity index (χ1n) is 9.38. The fourth-order valence-electron chi connectivity index (χ4n) is 3.56. The summed E-state index contributed by atoms with van der Waals surface area (Å²) in [5.74, 6) is 2.00. The highest BCUT2D eigenvalue weighted by molar-refractivity contribution is 6.05. The second-order valence-electron chi connectivity index (χ2n) is 6.98. The van der Waals surface area contributed by atoms with Crippen LogP contribution in [0.25, 0.3) is 27.9 Å². The van der Waals surface area contributed by atoms with Crippen LogP contribution < -0.4 is 4.74 Å². The lowest BCUT2D eigenvalue weighted by molar-refractivity contribution is 0.509. The molecule has 138 valence electrons. The number of aromatic amines is 1. The van der Waals surface area contributed by atoms with Crippen molar-refractivity contribution in [2.45, 2.75) is 6.92 Å². The molecule has 0 saturated carbocycles. The van der Waals surface area contributed by atoms with Crippen LogP contribution in [0.2, 0.25) is 0 Å².